The molecule has 0 radical (unpaired) electrons. The summed E-state index contributed by atoms with van der Waals surface area (Å²) in [6, 6.07) is 1.17. The molecule has 1 aromatic heterocycles. The zero-order chi connectivity index (χ0) is 15.9. The van der Waals surface area contributed by atoms with Gasteiger partial charge in [-0.2, -0.15) is 0 Å². The Morgan fingerprint density at radius 1 is 1.50 bits per heavy atom. The molecule has 0 spiro atoms. The van der Waals surface area contributed by atoms with Gasteiger partial charge in [-0.05, 0) is 12.3 Å². The Balaban J connectivity index is 1.78. The quantitative estimate of drug-likeness (QED) is 0.845. The van der Waals surface area contributed by atoms with Crippen LogP contribution in [0.3, 0.4) is 0 Å². The van der Waals surface area contributed by atoms with Crippen LogP contribution in [-0.2, 0) is 16.3 Å². The molecule has 1 aromatic rings. The normalized spacial score (nSPS) is 27.1. The molecule has 0 saturated carbocycles. The number of nitrogens with zero attached hydrogens (tertiary/aromatic N) is 2. The van der Waals surface area contributed by atoms with Crippen LogP contribution in [0.5, 0.6) is 0 Å². The predicted molar refractivity (Wildman–Crippen MR) is 80.3 cm³/mol. The van der Waals surface area contributed by atoms with Crippen molar-refractivity contribution in [3.8, 4) is 0 Å². The first-order valence-electron chi connectivity index (χ1n) is 7.56. The third-order valence-electron chi connectivity index (χ3n) is 4.13. The summed E-state index contributed by atoms with van der Waals surface area (Å²) in [5.41, 5.74) is 0.754. The SMILES string of the molecule is CC(C)Cc1cc(C(=O)N2CCN[C@H]3CS(=O)(=O)C[C@H]32)on1. The Labute approximate surface area is 129 Å². The van der Waals surface area contributed by atoms with Crippen molar-refractivity contribution in [1.82, 2.24) is 15.4 Å². The second-order valence-electron chi connectivity index (χ2n) is 6.48. The van der Waals surface area contributed by atoms with Crippen molar-refractivity contribution in [2.24, 2.45) is 5.92 Å². The van der Waals surface area contributed by atoms with E-state index < -0.39 is 9.84 Å². The molecule has 7 nitrogen and oxygen atoms in total. The molecule has 0 bridgehead atoms. The van der Waals surface area contributed by atoms with Gasteiger partial charge in [-0.3, -0.25) is 4.79 Å². The molecule has 1 amide bonds. The molecule has 3 rings (SSSR count). The lowest BCUT2D eigenvalue weighted by atomic mass is 10.1. The number of sulfone groups is 1. The summed E-state index contributed by atoms with van der Waals surface area (Å²) in [4.78, 5) is 14.2. The van der Waals surface area contributed by atoms with Crippen molar-refractivity contribution >= 4 is 15.7 Å². The van der Waals surface area contributed by atoms with E-state index in [4.69, 9.17) is 4.52 Å². The third-order valence-corrected chi connectivity index (χ3v) is 5.85. The summed E-state index contributed by atoms with van der Waals surface area (Å²) in [6.45, 7) is 5.21. The third kappa shape index (κ3) is 3.03. The molecule has 2 fully saturated rings. The van der Waals surface area contributed by atoms with Crippen LogP contribution in [0.15, 0.2) is 10.6 Å². The molecule has 1 N–H and O–H groups in total. The van der Waals surface area contributed by atoms with Gasteiger partial charge in [0.15, 0.2) is 9.84 Å². The largest absolute Gasteiger partial charge is 0.351 e. The molecule has 2 saturated heterocycles. The number of piperazine rings is 1. The number of amides is 1. The fourth-order valence-corrected chi connectivity index (χ4v) is 5.14. The Morgan fingerprint density at radius 3 is 3.00 bits per heavy atom. The molecule has 2 atom stereocenters. The molecule has 0 aromatic carbocycles. The Morgan fingerprint density at radius 2 is 2.27 bits per heavy atom. The Bertz CT molecular complexity index is 667. The summed E-state index contributed by atoms with van der Waals surface area (Å²) in [6.07, 6.45) is 0.749. The maximum absolute atomic E-state index is 12.6. The van der Waals surface area contributed by atoms with E-state index in [9.17, 15) is 13.2 Å². The molecular weight excluding hydrogens is 306 g/mol. The van der Waals surface area contributed by atoms with Crippen molar-refractivity contribution in [1.29, 1.82) is 0 Å². The summed E-state index contributed by atoms with van der Waals surface area (Å²) in [5, 5.41) is 7.11. The smallest absolute Gasteiger partial charge is 0.292 e. The number of hydrogen-bond acceptors (Lipinski definition) is 6. The van der Waals surface area contributed by atoms with E-state index in [1.54, 1.807) is 11.0 Å². The highest BCUT2D eigenvalue weighted by Gasteiger charge is 2.45. The van der Waals surface area contributed by atoms with Gasteiger partial charge in [-0.1, -0.05) is 19.0 Å². The summed E-state index contributed by atoms with van der Waals surface area (Å²) >= 11 is 0. The van der Waals surface area contributed by atoms with Gasteiger partial charge in [-0.15, -0.1) is 0 Å². The lowest BCUT2D eigenvalue weighted by Gasteiger charge is -2.36. The van der Waals surface area contributed by atoms with Gasteiger partial charge >= 0.3 is 0 Å². The first-order chi connectivity index (χ1) is 10.4. The van der Waals surface area contributed by atoms with E-state index in [1.165, 1.54) is 0 Å². The van der Waals surface area contributed by atoms with Gasteiger partial charge < -0.3 is 14.7 Å². The molecule has 122 valence electrons. The highest BCUT2D eigenvalue weighted by Crippen LogP contribution is 2.23. The van der Waals surface area contributed by atoms with Gasteiger partial charge in [0, 0.05) is 25.2 Å². The number of aromatic nitrogens is 1. The highest BCUT2D eigenvalue weighted by molar-refractivity contribution is 7.91. The van der Waals surface area contributed by atoms with Crippen LogP contribution in [0.1, 0.15) is 30.1 Å². The molecule has 2 aliphatic rings. The van der Waals surface area contributed by atoms with Crippen LogP contribution in [0.4, 0.5) is 0 Å². The van der Waals surface area contributed by atoms with E-state index in [0.717, 1.165) is 12.1 Å². The number of rotatable bonds is 3. The van der Waals surface area contributed by atoms with Crippen molar-refractivity contribution in [3.63, 3.8) is 0 Å². The standard InChI is InChI=1S/C14H21N3O4S/c1-9(2)5-10-6-13(21-16-10)14(18)17-4-3-15-11-7-22(19,20)8-12(11)17/h6,9,11-12,15H,3-5,7-8H2,1-2H3/t11-,12+/m0/s1. The second kappa shape index (κ2) is 5.66. The molecule has 0 aliphatic carbocycles. The number of carbonyl (C=O) groups is 1. The molecule has 22 heavy (non-hydrogen) atoms. The summed E-state index contributed by atoms with van der Waals surface area (Å²) < 4.78 is 28.8. The summed E-state index contributed by atoms with van der Waals surface area (Å²) in [5.74, 6) is 0.466. The Kier molecular flexibility index (Phi) is 3.98. The number of nitrogens with one attached hydrogen (secondary N) is 1. The number of carbonyl (C=O) groups excluding carboxylic acids is 1. The van der Waals surface area contributed by atoms with Crippen molar-refractivity contribution in [2.75, 3.05) is 24.6 Å². The van der Waals surface area contributed by atoms with Crippen molar-refractivity contribution in [3.05, 3.63) is 17.5 Å². The fraction of sp³-hybridized carbons (Fsp3) is 0.714. The first-order valence-corrected chi connectivity index (χ1v) is 9.38. The fourth-order valence-electron chi connectivity index (χ4n) is 3.19. The van der Waals surface area contributed by atoms with Crippen LogP contribution in [-0.4, -0.2) is 61.1 Å². The predicted octanol–water partition coefficient (Wildman–Crippen LogP) is 0.0841. The van der Waals surface area contributed by atoms with Gasteiger partial charge in [0.25, 0.3) is 5.91 Å². The zero-order valence-electron chi connectivity index (χ0n) is 12.8. The van der Waals surface area contributed by atoms with E-state index >= 15 is 0 Å². The van der Waals surface area contributed by atoms with E-state index in [-0.39, 0.29) is 35.3 Å². The first kappa shape index (κ1) is 15.5. The minimum atomic E-state index is -3.09. The van der Waals surface area contributed by atoms with Crippen molar-refractivity contribution < 1.29 is 17.7 Å². The topological polar surface area (TPSA) is 92.5 Å². The average molecular weight is 327 g/mol. The lowest BCUT2D eigenvalue weighted by Crippen LogP contribution is -2.59. The molecule has 3 heterocycles. The average Bonchev–Trinajstić information content (AvgIpc) is 2.98. The molecule has 2 aliphatic heterocycles. The minimum Gasteiger partial charge on any atom is -0.351 e. The molecule has 8 heteroatoms. The Hall–Kier alpha value is -1.41. The number of fused-ring (bicyclic) bond motifs is 1. The van der Waals surface area contributed by atoms with Gasteiger partial charge in [0.2, 0.25) is 5.76 Å². The second-order valence-corrected chi connectivity index (χ2v) is 8.64. The van der Waals surface area contributed by atoms with Gasteiger partial charge in [0.05, 0.1) is 23.2 Å². The van der Waals surface area contributed by atoms with Crippen LogP contribution < -0.4 is 5.32 Å². The van der Waals surface area contributed by atoms with E-state index in [2.05, 4.69) is 24.3 Å². The minimum absolute atomic E-state index is 0.0173. The van der Waals surface area contributed by atoms with Crippen LogP contribution >= 0.6 is 0 Å². The van der Waals surface area contributed by atoms with E-state index in [0.29, 0.717) is 19.0 Å². The number of hydrogen-bond donors (Lipinski definition) is 1. The van der Waals surface area contributed by atoms with Crippen LogP contribution in [0, 0.1) is 5.92 Å². The van der Waals surface area contributed by atoms with E-state index in [1.807, 2.05) is 0 Å². The molecular formula is C14H21N3O4S. The van der Waals surface area contributed by atoms with Crippen LogP contribution in [0.2, 0.25) is 0 Å². The van der Waals surface area contributed by atoms with Gasteiger partial charge in [0.1, 0.15) is 0 Å². The maximum atomic E-state index is 12.6. The van der Waals surface area contributed by atoms with Crippen LogP contribution in [0.25, 0.3) is 0 Å². The lowest BCUT2D eigenvalue weighted by molar-refractivity contribution is 0.0579. The zero-order valence-corrected chi connectivity index (χ0v) is 13.6. The van der Waals surface area contributed by atoms with Crippen molar-refractivity contribution in [2.45, 2.75) is 32.4 Å². The summed E-state index contributed by atoms with van der Waals surface area (Å²) in [7, 11) is -3.09. The van der Waals surface area contributed by atoms with Gasteiger partial charge in [-0.25, -0.2) is 8.42 Å². The maximum Gasteiger partial charge on any atom is 0.292 e. The highest BCUT2D eigenvalue weighted by atomic mass is 32.2. The monoisotopic (exact) mass is 327 g/mol. The molecule has 0 unspecified atom stereocenters.